The molecular weight excluding hydrogens is 452 g/mol. The number of benzene rings is 2. The van der Waals surface area contributed by atoms with Gasteiger partial charge >= 0.3 is 0 Å². The SMILES string of the molecule is COc1ccc(-c2noc(CN3N=N[C@H]4C(=O)N(c5ccc(C(C)C)cc5)C(=O)[C@@H]43)n2)c(OC)c1. The van der Waals surface area contributed by atoms with Crippen molar-refractivity contribution in [3.8, 4) is 22.9 Å². The molecule has 3 heterocycles. The van der Waals surface area contributed by atoms with Crippen molar-refractivity contribution in [3.05, 3.63) is 53.9 Å². The molecule has 3 aromatic rings. The molecule has 11 nitrogen and oxygen atoms in total. The number of fused-ring (bicyclic) bond motifs is 1. The van der Waals surface area contributed by atoms with E-state index in [1.807, 2.05) is 12.1 Å². The molecule has 1 fully saturated rings. The van der Waals surface area contributed by atoms with Gasteiger partial charge in [-0.1, -0.05) is 36.4 Å². The van der Waals surface area contributed by atoms with Crippen LogP contribution in [0.4, 0.5) is 5.69 Å². The van der Waals surface area contributed by atoms with Gasteiger partial charge in [0, 0.05) is 6.07 Å². The number of rotatable bonds is 7. The minimum atomic E-state index is -0.906. The molecule has 2 amide bonds. The van der Waals surface area contributed by atoms with Crippen LogP contribution < -0.4 is 14.4 Å². The summed E-state index contributed by atoms with van der Waals surface area (Å²) in [5, 5.41) is 13.5. The van der Waals surface area contributed by atoms with E-state index in [4.69, 9.17) is 14.0 Å². The van der Waals surface area contributed by atoms with E-state index in [-0.39, 0.29) is 18.3 Å². The molecule has 2 aliphatic rings. The second kappa shape index (κ2) is 8.82. The lowest BCUT2D eigenvalue weighted by Crippen LogP contribution is -2.39. The molecule has 11 heteroatoms. The van der Waals surface area contributed by atoms with Crippen molar-refractivity contribution in [3.63, 3.8) is 0 Å². The average molecular weight is 476 g/mol. The molecule has 0 spiro atoms. The van der Waals surface area contributed by atoms with E-state index < -0.39 is 18.0 Å². The van der Waals surface area contributed by atoms with Crippen molar-refractivity contribution in [2.75, 3.05) is 19.1 Å². The number of nitrogens with zero attached hydrogens (tertiary/aromatic N) is 6. The second-order valence-corrected chi connectivity index (χ2v) is 8.53. The zero-order valence-electron chi connectivity index (χ0n) is 19.7. The first-order valence-corrected chi connectivity index (χ1v) is 11.1. The highest BCUT2D eigenvalue weighted by Crippen LogP contribution is 2.34. The molecule has 2 atom stereocenters. The molecule has 5 rings (SSSR count). The number of anilines is 1. The van der Waals surface area contributed by atoms with Crippen LogP contribution in [0.5, 0.6) is 11.5 Å². The predicted octanol–water partition coefficient (Wildman–Crippen LogP) is 3.37. The Morgan fingerprint density at radius 1 is 1.03 bits per heavy atom. The summed E-state index contributed by atoms with van der Waals surface area (Å²) in [5.74, 6) is 1.23. The third-order valence-corrected chi connectivity index (χ3v) is 6.09. The Morgan fingerprint density at radius 3 is 2.49 bits per heavy atom. The van der Waals surface area contributed by atoms with Gasteiger partial charge in [-0.15, -0.1) is 0 Å². The monoisotopic (exact) mass is 476 g/mol. The Bertz CT molecular complexity index is 1300. The van der Waals surface area contributed by atoms with Gasteiger partial charge in [-0.25, -0.2) is 4.90 Å². The zero-order valence-corrected chi connectivity index (χ0v) is 19.7. The number of methoxy groups -OCH3 is 2. The lowest BCUT2D eigenvalue weighted by Gasteiger charge is -2.19. The van der Waals surface area contributed by atoms with E-state index in [2.05, 4.69) is 34.3 Å². The molecular formula is C24H24N6O5. The molecule has 1 aromatic heterocycles. The van der Waals surface area contributed by atoms with Crippen molar-refractivity contribution in [2.45, 2.75) is 38.4 Å². The fourth-order valence-corrected chi connectivity index (χ4v) is 4.17. The Morgan fingerprint density at radius 2 is 1.80 bits per heavy atom. The van der Waals surface area contributed by atoms with E-state index in [0.29, 0.717) is 34.5 Å². The highest BCUT2D eigenvalue weighted by Gasteiger charge is 2.55. The molecule has 0 aliphatic carbocycles. The van der Waals surface area contributed by atoms with Crippen LogP contribution in [0.3, 0.4) is 0 Å². The van der Waals surface area contributed by atoms with Gasteiger partial charge in [0.15, 0.2) is 12.1 Å². The van der Waals surface area contributed by atoms with Crippen LogP contribution in [-0.2, 0) is 16.1 Å². The third-order valence-electron chi connectivity index (χ3n) is 6.09. The Kier molecular flexibility index (Phi) is 5.67. The van der Waals surface area contributed by atoms with Crippen LogP contribution in [0, 0.1) is 0 Å². The van der Waals surface area contributed by atoms with E-state index in [0.717, 1.165) is 5.56 Å². The first-order chi connectivity index (χ1) is 16.9. The lowest BCUT2D eigenvalue weighted by molar-refractivity contribution is -0.123. The van der Waals surface area contributed by atoms with Gasteiger partial charge in [-0.3, -0.25) is 14.6 Å². The topological polar surface area (TPSA) is 123 Å². The van der Waals surface area contributed by atoms with Crippen molar-refractivity contribution in [1.29, 1.82) is 0 Å². The van der Waals surface area contributed by atoms with Crippen LogP contribution in [0.15, 0.2) is 57.3 Å². The minimum absolute atomic E-state index is 0.0231. The number of carbonyl (C=O) groups excluding carboxylic acids is 2. The van der Waals surface area contributed by atoms with Gasteiger partial charge in [-0.05, 0) is 35.7 Å². The number of amides is 2. The van der Waals surface area contributed by atoms with E-state index in [1.54, 1.807) is 37.4 Å². The maximum absolute atomic E-state index is 13.2. The molecule has 0 radical (unpaired) electrons. The summed E-state index contributed by atoms with van der Waals surface area (Å²) in [6.45, 7) is 4.18. The number of hydrogen-bond acceptors (Lipinski definition) is 10. The summed E-state index contributed by atoms with van der Waals surface area (Å²) in [6.07, 6.45) is 0. The fourth-order valence-electron chi connectivity index (χ4n) is 4.17. The molecule has 0 saturated carbocycles. The van der Waals surface area contributed by atoms with Crippen molar-refractivity contribution in [2.24, 2.45) is 10.3 Å². The summed E-state index contributed by atoms with van der Waals surface area (Å²) in [4.78, 5) is 31.8. The normalized spacial score (nSPS) is 19.1. The number of hydrogen-bond donors (Lipinski definition) is 0. The molecule has 2 aromatic carbocycles. The van der Waals surface area contributed by atoms with Crippen LogP contribution in [0.25, 0.3) is 11.4 Å². The van der Waals surface area contributed by atoms with Gasteiger partial charge in [0.25, 0.3) is 11.8 Å². The Balaban J connectivity index is 1.34. The lowest BCUT2D eigenvalue weighted by atomic mass is 10.0. The first-order valence-electron chi connectivity index (χ1n) is 11.1. The van der Waals surface area contributed by atoms with Crippen molar-refractivity contribution < 1.29 is 23.6 Å². The molecule has 0 N–H and O–H groups in total. The summed E-state index contributed by atoms with van der Waals surface area (Å²) < 4.78 is 16.0. The quantitative estimate of drug-likeness (QED) is 0.476. The zero-order chi connectivity index (χ0) is 24.7. The van der Waals surface area contributed by atoms with Crippen molar-refractivity contribution >= 4 is 17.5 Å². The number of carbonyl (C=O) groups is 2. The number of aromatic nitrogens is 2. The maximum atomic E-state index is 13.2. The van der Waals surface area contributed by atoms with E-state index in [1.165, 1.54) is 17.0 Å². The van der Waals surface area contributed by atoms with Crippen LogP contribution >= 0.6 is 0 Å². The smallest absolute Gasteiger partial charge is 0.263 e. The third kappa shape index (κ3) is 3.88. The Labute approximate surface area is 201 Å². The Hall–Kier alpha value is -4.28. The summed E-state index contributed by atoms with van der Waals surface area (Å²) in [7, 11) is 3.10. The maximum Gasteiger partial charge on any atom is 0.263 e. The van der Waals surface area contributed by atoms with E-state index in [9.17, 15) is 9.59 Å². The van der Waals surface area contributed by atoms with Gasteiger partial charge in [0.2, 0.25) is 11.7 Å². The summed E-state index contributed by atoms with van der Waals surface area (Å²) in [5.41, 5.74) is 2.25. The average Bonchev–Trinajstić information content (AvgIpc) is 3.56. The first kappa shape index (κ1) is 22.5. The molecule has 0 unspecified atom stereocenters. The van der Waals surface area contributed by atoms with Crippen LogP contribution in [0.2, 0.25) is 0 Å². The van der Waals surface area contributed by atoms with Crippen molar-refractivity contribution in [1.82, 2.24) is 15.1 Å². The van der Waals surface area contributed by atoms with Gasteiger partial charge in [0.1, 0.15) is 18.0 Å². The number of imide groups is 1. The minimum Gasteiger partial charge on any atom is -0.497 e. The summed E-state index contributed by atoms with van der Waals surface area (Å²) >= 11 is 0. The predicted molar refractivity (Wildman–Crippen MR) is 124 cm³/mol. The number of ether oxygens (including phenoxy) is 2. The fraction of sp³-hybridized carbons (Fsp3) is 0.333. The van der Waals surface area contributed by atoms with E-state index >= 15 is 0 Å². The van der Waals surface area contributed by atoms with Gasteiger partial charge < -0.3 is 14.0 Å². The van der Waals surface area contributed by atoms with Gasteiger partial charge in [0.05, 0.1) is 25.5 Å². The summed E-state index contributed by atoms with van der Waals surface area (Å²) in [6, 6.07) is 10.9. The molecule has 180 valence electrons. The largest absolute Gasteiger partial charge is 0.497 e. The molecule has 0 bridgehead atoms. The molecule has 2 aliphatic heterocycles. The second-order valence-electron chi connectivity index (χ2n) is 8.53. The standard InChI is InChI=1S/C24H24N6O5/c1-13(2)14-5-7-15(8-6-14)30-23(31)20-21(24(30)32)29(28-26-20)12-19-25-22(27-35-19)17-10-9-16(33-3)11-18(17)34-4/h5-11,13,20-21H,12H2,1-4H3/t20-,21-/m1/s1. The van der Waals surface area contributed by atoms with Crippen LogP contribution in [0.1, 0.15) is 31.2 Å². The van der Waals surface area contributed by atoms with Gasteiger partial charge in [-0.2, -0.15) is 10.1 Å². The highest BCUT2D eigenvalue weighted by atomic mass is 16.5. The molecule has 1 saturated heterocycles. The van der Waals surface area contributed by atoms with Crippen LogP contribution in [-0.4, -0.2) is 53.3 Å². The molecule has 35 heavy (non-hydrogen) atoms. The highest BCUT2D eigenvalue weighted by molar-refractivity contribution is 6.25.